The van der Waals surface area contributed by atoms with Crippen LogP contribution in [0.3, 0.4) is 0 Å². The second kappa shape index (κ2) is 9.43. The number of aliphatic hydroxyl groups is 1. The number of allylic oxidation sites excluding steroid dienone is 1. The molecule has 11 atom stereocenters. The summed E-state index contributed by atoms with van der Waals surface area (Å²) in [6.07, 6.45) is 6.27. The van der Waals surface area contributed by atoms with E-state index in [1.54, 1.807) is 32.4 Å². The molecule has 1 aromatic rings. The summed E-state index contributed by atoms with van der Waals surface area (Å²) in [6, 6.07) is 1.86. The van der Waals surface area contributed by atoms with Crippen LogP contribution in [0.4, 0.5) is 0 Å². The summed E-state index contributed by atoms with van der Waals surface area (Å²) in [4.78, 5) is 39.2. The second-order valence-corrected chi connectivity index (χ2v) is 13.8. The van der Waals surface area contributed by atoms with Crippen LogP contribution in [0, 0.1) is 45.8 Å². The van der Waals surface area contributed by atoms with E-state index in [9.17, 15) is 19.5 Å². The van der Waals surface area contributed by atoms with Gasteiger partial charge in [-0.15, -0.1) is 0 Å². The Morgan fingerprint density at radius 3 is 2.59 bits per heavy atom. The van der Waals surface area contributed by atoms with Crippen LogP contribution in [-0.4, -0.2) is 48.6 Å². The summed E-state index contributed by atoms with van der Waals surface area (Å²) in [5, 5.41) is 12.6. The number of esters is 3. The number of ether oxygens (including phenoxy) is 4. The largest absolute Gasteiger partial charge is 0.472 e. The van der Waals surface area contributed by atoms with E-state index < -0.39 is 40.7 Å². The van der Waals surface area contributed by atoms with Crippen molar-refractivity contribution in [1.82, 2.24) is 0 Å². The lowest BCUT2D eigenvalue weighted by molar-refractivity contribution is -0.454. The SMILES string of the molecule is CC=C(C)C(=O)OC1C2CC3C4CC(=O)OC(c5ccoc5)C4(C)CCC3C3(C)C(CC(=O)OC)C1(C)COC23O. The molecule has 1 aromatic heterocycles. The molecule has 4 heterocycles. The van der Waals surface area contributed by atoms with Crippen LogP contribution < -0.4 is 0 Å². The fraction of sp³-hybridized carbons (Fsp3) is 0.719. The van der Waals surface area contributed by atoms with Crippen LogP contribution in [0.25, 0.3) is 0 Å². The van der Waals surface area contributed by atoms with Crippen molar-refractivity contribution in [1.29, 1.82) is 0 Å². The van der Waals surface area contributed by atoms with E-state index in [4.69, 9.17) is 23.4 Å². The van der Waals surface area contributed by atoms with Gasteiger partial charge < -0.3 is 28.5 Å². The molecule has 41 heavy (non-hydrogen) atoms. The molecule has 3 saturated heterocycles. The molecule has 224 valence electrons. The summed E-state index contributed by atoms with van der Waals surface area (Å²) in [5.74, 6) is -3.61. The van der Waals surface area contributed by atoms with Crippen molar-refractivity contribution in [2.45, 2.75) is 84.7 Å². The Kier molecular flexibility index (Phi) is 6.55. The summed E-state index contributed by atoms with van der Waals surface area (Å²) in [7, 11) is 1.37. The first kappa shape index (κ1) is 28.5. The van der Waals surface area contributed by atoms with Gasteiger partial charge in [0.15, 0.2) is 5.79 Å². The van der Waals surface area contributed by atoms with Crippen molar-refractivity contribution in [3.8, 4) is 0 Å². The van der Waals surface area contributed by atoms with Crippen molar-refractivity contribution in [3.63, 3.8) is 0 Å². The van der Waals surface area contributed by atoms with Gasteiger partial charge in [-0.3, -0.25) is 9.59 Å². The van der Waals surface area contributed by atoms with Gasteiger partial charge in [0.25, 0.3) is 0 Å². The van der Waals surface area contributed by atoms with Crippen LogP contribution in [0.2, 0.25) is 0 Å². The highest BCUT2D eigenvalue weighted by Gasteiger charge is 2.80. The molecule has 1 N–H and O–H groups in total. The van der Waals surface area contributed by atoms with Gasteiger partial charge in [-0.1, -0.05) is 26.8 Å². The van der Waals surface area contributed by atoms with E-state index in [0.29, 0.717) is 12.0 Å². The molecule has 11 unspecified atom stereocenters. The number of hydrogen-bond acceptors (Lipinski definition) is 9. The number of carbonyl (C=O) groups is 3. The Bertz CT molecular complexity index is 1270. The molecule has 3 aliphatic heterocycles. The van der Waals surface area contributed by atoms with Gasteiger partial charge in [0.1, 0.15) is 12.2 Å². The lowest BCUT2D eigenvalue weighted by Crippen LogP contribution is -2.81. The zero-order valence-electron chi connectivity index (χ0n) is 24.8. The van der Waals surface area contributed by atoms with Gasteiger partial charge in [-0.05, 0) is 62.8 Å². The number of hydrogen-bond donors (Lipinski definition) is 1. The minimum absolute atomic E-state index is 0.0155. The lowest BCUT2D eigenvalue weighted by Gasteiger charge is -2.76. The third-order valence-electron chi connectivity index (χ3n) is 12.3. The normalized spacial score (nSPS) is 46.7. The molecule has 3 aliphatic carbocycles. The Hall–Kier alpha value is -2.65. The molecule has 4 bridgehead atoms. The summed E-state index contributed by atoms with van der Waals surface area (Å²) in [6.45, 7) is 9.92. The molecule has 6 fully saturated rings. The standard InChI is InChI=1S/C32H42O9/c1-7-17(2)28(35)41-27-22-12-19-20(31(5)23(14-24(33)37-6)30(27,4)16-39-32(22,31)36)8-10-29(3)21(19)13-25(34)40-26(29)18-9-11-38-15-18/h7,9,11,15,19-23,26-27,36H,8,10,12-14,16H2,1-6H3. The number of carbonyl (C=O) groups excluding carboxylic acids is 3. The zero-order valence-corrected chi connectivity index (χ0v) is 24.8. The Morgan fingerprint density at radius 1 is 1.17 bits per heavy atom. The van der Waals surface area contributed by atoms with Crippen molar-refractivity contribution in [3.05, 3.63) is 35.8 Å². The maximum atomic E-state index is 13.2. The van der Waals surface area contributed by atoms with Gasteiger partial charge >= 0.3 is 17.9 Å². The Morgan fingerprint density at radius 2 is 1.93 bits per heavy atom. The molecule has 0 amide bonds. The number of methoxy groups -OCH3 is 1. The molecule has 3 saturated carbocycles. The van der Waals surface area contributed by atoms with E-state index in [2.05, 4.69) is 13.8 Å². The van der Waals surface area contributed by atoms with Crippen LogP contribution >= 0.6 is 0 Å². The smallest absolute Gasteiger partial charge is 0.333 e. The minimum atomic E-state index is -1.60. The maximum Gasteiger partial charge on any atom is 0.333 e. The average molecular weight is 571 g/mol. The number of furan rings is 1. The molecule has 0 aromatic carbocycles. The van der Waals surface area contributed by atoms with E-state index >= 15 is 0 Å². The van der Waals surface area contributed by atoms with Gasteiger partial charge in [-0.25, -0.2) is 4.79 Å². The third kappa shape index (κ3) is 3.70. The predicted molar refractivity (Wildman–Crippen MR) is 145 cm³/mol. The highest BCUT2D eigenvalue weighted by Crippen LogP contribution is 2.76. The topological polar surface area (TPSA) is 122 Å². The number of rotatable bonds is 5. The summed E-state index contributed by atoms with van der Waals surface area (Å²) >= 11 is 0. The van der Waals surface area contributed by atoms with Gasteiger partial charge in [-0.2, -0.15) is 0 Å². The predicted octanol–water partition coefficient (Wildman–Crippen LogP) is 4.74. The van der Waals surface area contributed by atoms with Gasteiger partial charge in [0.05, 0.1) is 32.2 Å². The van der Waals surface area contributed by atoms with Gasteiger partial charge in [0, 0.05) is 40.2 Å². The van der Waals surface area contributed by atoms with Crippen molar-refractivity contribution >= 4 is 17.9 Å². The van der Waals surface area contributed by atoms with Crippen LogP contribution in [0.5, 0.6) is 0 Å². The molecule has 7 rings (SSSR count). The highest BCUT2D eigenvalue weighted by atomic mass is 16.6. The lowest BCUT2D eigenvalue weighted by atomic mass is 9.34. The van der Waals surface area contributed by atoms with Crippen molar-refractivity contribution in [2.24, 2.45) is 45.8 Å². The van der Waals surface area contributed by atoms with Gasteiger partial charge in [0.2, 0.25) is 0 Å². The molecular weight excluding hydrogens is 528 g/mol. The maximum absolute atomic E-state index is 13.2. The zero-order chi connectivity index (χ0) is 29.5. The van der Waals surface area contributed by atoms with E-state index in [1.807, 2.05) is 13.0 Å². The molecule has 0 radical (unpaired) electrons. The molecule has 9 nitrogen and oxygen atoms in total. The highest BCUT2D eigenvalue weighted by molar-refractivity contribution is 5.87. The third-order valence-corrected chi connectivity index (χ3v) is 12.3. The summed E-state index contributed by atoms with van der Waals surface area (Å²) < 4.78 is 29.2. The van der Waals surface area contributed by atoms with E-state index in [-0.39, 0.29) is 60.5 Å². The Labute approximate surface area is 240 Å². The second-order valence-electron chi connectivity index (χ2n) is 13.8. The first-order valence-corrected chi connectivity index (χ1v) is 14.8. The monoisotopic (exact) mass is 570 g/mol. The van der Waals surface area contributed by atoms with E-state index in [0.717, 1.165) is 18.4 Å². The van der Waals surface area contributed by atoms with Crippen LogP contribution in [-0.2, 0) is 33.3 Å². The summed E-state index contributed by atoms with van der Waals surface area (Å²) in [5.41, 5.74) is -0.588. The van der Waals surface area contributed by atoms with Crippen molar-refractivity contribution < 1.29 is 42.9 Å². The van der Waals surface area contributed by atoms with Crippen LogP contribution in [0.1, 0.15) is 78.4 Å². The first-order valence-electron chi connectivity index (χ1n) is 14.8. The molecular formula is C32H42O9. The molecule has 6 aliphatic rings. The van der Waals surface area contributed by atoms with Crippen LogP contribution in [0.15, 0.2) is 34.7 Å². The first-order chi connectivity index (χ1) is 19.3. The number of cyclic esters (lactones) is 1. The minimum Gasteiger partial charge on any atom is -0.472 e. The Balaban J connectivity index is 1.47. The molecule has 0 spiro atoms. The van der Waals surface area contributed by atoms with Crippen molar-refractivity contribution in [2.75, 3.05) is 13.7 Å². The quantitative estimate of drug-likeness (QED) is 0.304. The fourth-order valence-corrected chi connectivity index (χ4v) is 10.0. The average Bonchev–Trinajstić information content (AvgIpc) is 3.48. The fourth-order valence-electron chi connectivity index (χ4n) is 10.0. The van der Waals surface area contributed by atoms with E-state index in [1.165, 1.54) is 7.11 Å². The number of fused-ring (bicyclic) bond motifs is 4. The molecule has 9 heteroatoms.